The number of rotatable bonds is 3. The third kappa shape index (κ3) is 3.66. The third-order valence-electron chi connectivity index (χ3n) is 5.85. The number of nitrogens with one attached hydrogen (secondary N) is 1. The number of aromatic amines is 1. The van der Waals surface area contributed by atoms with Gasteiger partial charge >= 0.3 is 0 Å². The van der Waals surface area contributed by atoms with Gasteiger partial charge in [-0.2, -0.15) is 0 Å². The Morgan fingerprint density at radius 2 is 1.90 bits per heavy atom. The van der Waals surface area contributed by atoms with Gasteiger partial charge in [0.25, 0.3) is 5.91 Å². The first-order chi connectivity index (χ1) is 13.9. The van der Waals surface area contributed by atoms with Gasteiger partial charge in [-0.25, -0.2) is 8.78 Å². The van der Waals surface area contributed by atoms with Crippen molar-refractivity contribution in [3.8, 4) is 0 Å². The van der Waals surface area contributed by atoms with E-state index in [0.29, 0.717) is 43.6 Å². The van der Waals surface area contributed by atoms with Crippen LogP contribution in [0.5, 0.6) is 0 Å². The molecule has 0 bridgehead atoms. The summed E-state index contributed by atoms with van der Waals surface area (Å²) in [7, 11) is 0. The predicted molar refractivity (Wildman–Crippen MR) is 101 cm³/mol. The largest absolute Gasteiger partial charge is 0.338 e. The zero-order valence-corrected chi connectivity index (χ0v) is 15.8. The van der Waals surface area contributed by atoms with E-state index in [-0.39, 0.29) is 23.9 Å². The van der Waals surface area contributed by atoms with E-state index < -0.39 is 17.0 Å². The number of pyridine rings is 1. The molecule has 0 aliphatic carbocycles. The molecular weight excluding hydrogens is 380 g/mol. The van der Waals surface area contributed by atoms with Crippen LogP contribution in [0.1, 0.15) is 35.2 Å². The molecule has 2 amide bonds. The van der Waals surface area contributed by atoms with Crippen LogP contribution in [-0.4, -0.2) is 46.2 Å². The minimum atomic E-state index is -0.930. The molecule has 3 heterocycles. The van der Waals surface area contributed by atoms with Crippen LogP contribution in [0.3, 0.4) is 0 Å². The van der Waals surface area contributed by atoms with E-state index in [1.807, 2.05) is 0 Å². The molecule has 4 rings (SSSR count). The third-order valence-corrected chi connectivity index (χ3v) is 5.85. The Balaban J connectivity index is 1.48. The summed E-state index contributed by atoms with van der Waals surface area (Å²) in [6, 6.07) is 6.44. The van der Waals surface area contributed by atoms with Crippen LogP contribution < -0.4 is 5.56 Å². The van der Waals surface area contributed by atoms with Crippen LogP contribution >= 0.6 is 0 Å². The molecule has 0 radical (unpaired) electrons. The Labute approximate surface area is 166 Å². The van der Waals surface area contributed by atoms with E-state index in [0.717, 1.165) is 18.6 Å². The van der Waals surface area contributed by atoms with Crippen molar-refractivity contribution in [1.29, 1.82) is 0 Å². The predicted octanol–water partition coefficient (Wildman–Crippen LogP) is 2.31. The van der Waals surface area contributed by atoms with Crippen LogP contribution in [0.2, 0.25) is 0 Å². The fourth-order valence-corrected chi connectivity index (χ4v) is 4.31. The van der Waals surface area contributed by atoms with Crippen LogP contribution in [0, 0.1) is 17.0 Å². The van der Waals surface area contributed by atoms with E-state index in [9.17, 15) is 23.2 Å². The topological polar surface area (TPSA) is 73.5 Å². The van der Waals surface area contributed by atoms with Gasteiger partial charge in [-0.1, -0.05) is 6.07 Å². The molecule has 2 aromatic rings. The van der Waals surface area contributed by atoms with Crippen molar-refractivity contribution in [2.75, 3.05) is 19.6 Å². The van der Waals surface area contributed by atoms with Gasteiger partial charge in [0, 0.05) is 38.4 Å². The van der Waals surface area contributed by atoms with Gasteiger partial charge in [0.15, 0.2) is 11.6 Å². The van der Waals surface area contributed by atoms with E-state index >= 15 is 0 Å². The molecule has 1 atom stereocenters. The van der Waals surface area contributed by atoms with Gasteiger partial charge in [-0.3, -0.25) is 14.4 Å². The number of aromatic nitrogens is 1. The minimum absolute atomic E-state index is 0.0507. The zero-order chi connectivity index (χ0) is 20.6. The maximum absolute atomic E-state index is 13.5. The van der Waals surface area contributed by atoms with Crippen LogP contribution in [0.4, 0.5) is 8.78 Å². The standard InChI is InChI=1S/C21H21F2N3O3/c22-16-4-2-14(10-17(16)23)12-25-8-1-6-21(20(25)29)7-9-26(13-21)19(28)15-3-5-18(27)24-11-15/h2-5,10-11H,1,6-9,12-13H2,(H,24,27)/t21-/m0/s1. The number of amides is 2. The highest BCUT2D eigenvalue weighted by Crippen LogP contribution is 2.41. The van der Waals surface area contributed by atoms with Crippen molar-refractivity contribution < 1.29 is 18.4 Å². The van der Waals surface area contributed by atoms with E-state index in [1.54, 1.807) is 9.80 Å². The summed E-state index contributed by atoms with van der Waals surface area (Å²) in [5.41, 5.74) is -0.0129. The van der Waals surface area contributed by atoms with E-state index in [2.05, 4.69) is 4.98 Å². The smallest absolute Gasteiger partial charge is 0.255 e. The molecule has 0 saturated carbocycles. The van der Waals surface area contributed by atoms with Crippen molar-refractivity contribution in [3.63, 3.8) is 0 Å². The first-order valence-electron chi connectivity index (χ1n) is 9.59. The Hall–Kier alpha value is -3.03. The second-order valence-corrected chi connectivity index (χ2v) is 7.78. The number of hydrogen-bond acceptors (Lipinski definition) is 3. The average Bonchev–Trinajstić information content (AvgIpc) is 3.13. The van der Waals surface area contributed by atoms with Gasteiger partial charge in [-0.15, -0.1) is 0 Å². The van der Waals surface area contributed by atoms with E-state index in [4.69, 9.17) is 0 Å². The number of benzene rings is 1. The summed E-state index contributed by atoms with van der Waals surface area (Å²) >= 11 is 0. The lowest BCUT2D eigenvalue weighted by atomic mass is 9.78. The summed E-state index contributed by atoms with van der Waals surface area (Å²) in [5.74, 6) is -2.11. The fourth-order valence-electron chi connectivity index (χ4n) is 4.31. The summed E-state index contributed by atoms with van der Waals surface area (Å²) in [6.07, 6.45) is 3.43. The first kappa shape index (κ1) is 19.3. The molecule has 2 aliphatic heterocycles. The van der Waals surface area contributed by atoms with Crippen LogP contribution in [0.25, 0.3) is 0 Å². The molecule has 152 valence electrons. The molecule has 2 aliphatic rings. The number of likely N-dealkylation sites (tertiary alicyclic amines) is 2. The lowest BCUT2D eigenvalue weighted by Gasteiger charge is -2.39. The number of halogens is 2. The maximum atomic E-state index is 13.5. The molecule has 6 nitrogen and oxygen atoms in total. The number of hydrogen-bond donors (Lipinski definition) is 1. The summed E-state index contributed by atoms with van der Waals surface area (Å²) in [5, 5.41) is 0. The second-order valence-electron chi connectivity index (χ2n) is 7.78. The van der Waals surface area contributed by atoms with Crippen molar-refractivity contribution in [1.82, 2.24) is 14.8 Å². The normalized spacial score (nSPS) is 21.8. The van der Waals surface area contributed by atoms with Crippen LogP contribution in [0.15, 0.2) is 41.3 Å². The Morgan fingerprint density at radius 1 is 1.07 bits per heavy atom. The molecule has 1 spiro atoms. The lowest BCUT2D eigenvalue weighted by Crippen LogP contribution is -2.50. The SMILES string of the molecule is O=C(c1ccc(=O)[nH]c1)N1CC[C@@]2(CCCN(Cc3ccc(F)c(F)c3)C2=O)C1. The molecule has 8 heteroatoms. The van der Waals surface area contributed by atoms with Gasteiger partial charge in [0.2, 0.25) is 11.5 Å². The minimum Gasteiger partial charge on any atom is -0.338 e. The van der Waals surface area contributed by atoms with Gasteiger partial charge in [0.1, 0.15) is 0 Å². The number of piperidine rings is 1. The van der Waals surface area contributed by atoms with E-state index in [1.165, 1.54) is 24.4 Å². The number of H-pyrrole nitrogens is 1. The summed E-state index contributed by atoms with van der Waals surface area (Å²) < 4.78 is 26.7. The van der Waals surface area contributed by atoms with Crippen LogP contribution in [-0.2, 0) is 11.3 Å². The Kier molecular flexibility index (Phi) is 4.94. The van der Waals surface area contributed by atoms with Gasteiger partial charge in [0.05, 0.1) is 11.0 Å². The maximum Gasteiger partial charge on any atom is 0.255 e. The first-order valence-corrected chi connectivity index (χ1v) is 9.59. The van der Waals surface area contributed by atoms with Gasteiger partial charge < -0.3 is 14.8 Å². The average molecular weight is 401 g/mol. The molecule has 2 saturated heterocycles. The zero-order valence-electron chi connectivity index (χ0n) is 15.8. The highest BCUT2D eigenvalue weighted by atomic mass is 19.2. The highest BCUT2D eigenvalue weighted by molar-refractivity contribution is 5.95. The number of nitrogens with zero attached hydrogens (tertiary/aromatic N) is 2. The Morgan fingerprint density at radius 3 is 2.62 bits per heavy atom. The fraction of sp³-hybridized carbons (Fsp3) is 0.381. The van der Waals surface area contributed by atoms with Crippen molar-refractivity contribution in [3.05, 3.63) is 69.6 Å². The highest BCUT2D eigenvalue weighted by Gasteiger charge is 2.49. The Bertz CT molecular complexity index is 1000. The number of carbonyl (C=O) groups excluding carboxylic acids is 2. The molecule has 1 aromatic carbocycles. The molecule has 1 aromatic heterocycles. The molecular formula is C21H21F2N3O3. The lowest BCUT2D eigenvalue weighted by molar-refractivity contribution is -0.146. The van der Waals surface area contributed by atoms with Crippen molar-refractivity contribution in [2.24, 2.45) is 5.41 Å². The number of carbonyl (C=O) groups is 2. The molecule has 1 N–H and O–H groups in total. The second kappa shape index (κ2) is 7.42. The summed E-state index contributed by atoms with van der Waals surface area (Å²) in [4.78, 5) is 43.0. The summed E-state index contributed by atoms with van der Waals surface area (Å²) in [6.45, 7) is 1.54. The quantitative estimate of drug-likeness (QED) is 0.858. The van der Waals surface area contributed by atoms with Gasteiger partial charge in [-0.05, 0) is 43.0 Å². The molecule has 29 heavy (non-hydrogen) atoms. The molecule has 0 unspecified atom stereocenters. The van der Waals surface area contributed by atoms with Crippen molar-refractivity contribution >= 4 is 11.8 Å². The van der Waals surface area contributed by atoms with Crippen molar-refractivity contribution in [2.45, 2.75) is 25.8 Å². The molecule has 2 fully saturated rings. The monoisotopic (exact) mass is 401 g/mol.